The Morgan fingerprint density at radius 3 is 2.54 bits per heavy atom. The summed E-state index contributed by atoms with van der Waals surface area (Å²) >= 11 is 0. The van der Waals surface area contributed by atoms with Crippen molar-refractivity contribution in [2.45, 2.75) is 27.3 Å². The van der Waals surface area contributed by atoms with Crippen LogP contribution in [0.25, 0.3) is 16.7 Å². The van der Waals surface area contributed by atoms with E-state index in [0.717, 1.165) is 35.5 Å². The monoisotopic (exact) mass is 505 g/mol. The number of rotatable bonds is 9. The van der Waals surface area contributed by atoms with E-state index in [1.807, 2.05) is 61.7 Å². The van der Waals surface area contributed by atoms with Crippen LogP contribution in [0.3, 0.4) is 0 Å². The number of benzene rings is 2. The molecule has 3 heterocycles. The van der Waals surface area contributed by atoms with Gasteiger partial charge >= 0.3 is 0 Å². The molecule has 5 rings (SSSR count). The van der Waals surface area contributed by atoms with Crippen molar-refractivity contribution in [2.75, 3.05) is 44.8 Å². The maximum atomic E-state index is 15.1. The Bertz CT molecular complexity index is 1380. The topological polar surface area (TPSA) is 73.7 Å². The molecule has 0 radical (unpaired) electrons. The fourth-order valence-corrected chi connectivity index (χ4v) is 4.57. The van der Waals surface area contributed by atoms with Gasteiger partial charge < -0.3 is 19.5 Å². The van der Waals surface area contributed by atoms with Gasteiger partial charge in [0.15, 0.2) is 11.5 Å². The third-order valence-electron chi connectivity index (χ3n) is 6.32. The molecule has 1 N–H and O–H groups in total. The quantitative estimate of drug-likeness (QED) is 0.333. The molecule has 0 saturated carbocycles. The van der Waals surface area contributed by atoms with Gasteiger partial charge in [0, 0.05) is 54.2 Å². The van der Waals surface area contributed by atoms with Gasteiger partial charge in [0.1, 0.15) is 11.5 Å². The molecule has 2 aromatic heterocycles. The number of aryl methyl sites for hydroxylation is 1. The Morgan fingerprint density at radius 2 is 1.78 bits per heavy atom. The van der Waals surface area contributed by atoms with Crippen LogP contribution in [-0.2, 0) is 11.3 Å². The average Bonchev–Trinajstić information content (AvgIpc) is 3.22. The van der Waals surface area contributed by atoms with E-state index in [1.54, 1.807) is 12.3 Å². The van der Waals surface area contributed by atoms with E-state index in [4.69, 9.17) is 19.2 Å². The van der Waals surface area contributed by atoms with Crippen LogP contribution in [0.15, 0.2) is 48.7 Å². The molecule has 0 amide bonds. The smallest absolute Gasteiger partial charge is 0.229 e. The number of nitrogens with zero attached hydrogens (tertiary/aromatic N) is 4. The second kappa shape index (κ2) is 11.1. The zero-order valence-corrected chi connectivity index (χ0v) is 21.5. The van der Waals surface area contributed by atoms with E-state index in [0.29, 0.717) is 61.6 Å². The Morgan fingerprint density at radius 1 is 1.00 bits per heavy atom. The molecule has 1 saturated heterocycles. The molecule has 9 heteroatoms. The van der Waals surface area contributed by atoms with Crippen LogP contribution in [-0.4, -0.2) is 59.0 Å². The lowest BCUT2D eigenvalue weighted by atomic mass is 10.1. The first kappa shape index (κ1) is 25.0. The summed E-state index contributed by atoms with van der Waals surface area (Å²) in [6.45, 7) is 10.5. The van der Waals surface area contributed by atoms with Gasteiger partial charge in [-0.25, -0.2) is 9.37 Å². The maximum absolute atomic E-state index is 15.1. The number of hydrogen-bond acceptors (Lipinski definition) is 7. The molecule has 0 unspecified atom stereocenters. The first-order valence-corrected chi connectivity index (χ1v) is 12.7. The van der Waals surface area contributed by atoms with Crippen LogP contribution in [0.4, 0.5) is 16.0 Å². The van der Waals surface area contributed by atoms with Gasteiger partial charge in [-0.3, -0.25) is 9.47 Å². The Balaban J connectivity index is 1.42. The molecule has 1 aliphatic rings. The zero-order chi connectivity index (χ0) is 25.8. The molecule has 4 aromatic rings. The van der Waals surface area contributed by atoms with Gasteiger partial charge in [-0.1, -0.05) is 6.07 Å². The summed E-state index contributed by atoms with van der Waals surface area (Å²) in [5.41, 5.74) is 3.82. The second-order valence-corrected chi connectivity index (χ2v) is 8.91. The molecule has 194 valence electrons. The molecule has 0 bridgehead atoms. The number of nitrogens with one attached hydrogen (secondary N) is 1. The van der Waals surface area contributed by atoms with Crippen molar-refractivity contribution in [2.24, 2.45) is 0 Å². The van der Waals surface area contributed by atoms with Crippen LogP contribution in [0.1, 0.15) is 25.1 Å². The van der Waals surface area contributed by atoms with Crippen LogP contribution >= 0.6 is 0 Å². The van der Waals surface area contributed by atoms with Gasteiger partial charge in [0.05, 0.1) is 32.1 Å². The summed E-state index contributed by atoms with van der Waals surface area (Å²) in [5, 5.41) is 4.13. The Labute approximate surface area is 216 Å². The van der Waals surface area contributed by atoms with Crippen LogP contribution in [0.2, 0.25) is 0 Å². The van der Waals surface area contributed by atoms with Crippen molar-refractivity contribution < 1.29 is 18.6 Å². The fourth-order valence-electron chi connectivity index (χ4n) is 4.57. The second-order valence-electron chi connectivity index (χ2n) is 8.91. The minimum Gasteiger partial charge on any atom is -0.490 e. The minimum atomic E-state index is -0.226. The standard InChI is InChI=1S/C28H32FN5O3/c1-4-36-25-9-7-22(15-26(25)37-5-2)31-28-30-17-21-14-19(3)34(27(21)32-28)23-8-6-20(24(29)16-23)18-33-10-12-35-13-11-33/h6-9,14-17H,4-5,10-13,18H2,1-3H3,(H,30,31,32). The van der Waals surface area contributed by atoms with Crippen LogP contribution < -0.4 is 14.8 Å². The largest absolute Gasteiger partial charge is 0.490 e. The molecular weight excluding hydrogens is 473 g/mol. The highest BCUT2D eigenvalue weighted by molar-refractivity contribution is 5.80. The third-order valence-corrected chi connectivity index (χ3v) is 6.32. The van der Waals surface area contributed by atoms with Crippen molar-refractivity contribution in [3.05, 3.63) is 65.7 Å². The van der Waals surface area contributed by atoms with E-state index >= 15 is 4.39 Å². The molecule has 37 heavy (non-hydrogen) atoms. The van der Waals surface area contributed by atoms with Crippen molar-refractivity contribution in [3.63, 3.8) is 0 Å². The first-order valence-electron chi connectivity index (χ1n) is 12.7. The van der Waals surface area contributed by atoms with Gasteiger partial charge in [-0.2, -0.15) is 4.98 Å². The lowest BCUT2D eigenvalue weighted by Gasteiger charge is -2.26. The number of morpholine rings is 1. The number of hydrogen-bond donors (Lipinski definition) is 1. The lowest BCUT2D eigenvalue weighted by Crippen LogP contribution is -2.35. The molecule has 0 aliphatic carbocycles. The average molecular weight is 506 g/mol. The number of fused-ring (bicyclic) bond motifs is 1. The van der Waals surface area contributed by atoms with Gasteiger partial charge in [0.2, 0.25) is 5.95 Å². The summed E-state index contributed by atoms with van der Waals surface area (Å²) in [6.07, 6.45) is 1.77. The lowest BCUT2D eigenvalue weighted by molar-refractivity contribution is 0.0337. The summed E-state index contributed by atoms with van der Waals surface area (Å²) < 4.78 is 33.9. The summed E-state index contributed by atoms with van der Waals surface area (Å²) in [6, 6.07) is 13.0. The van der Waals surface area contributed by atoms with Crippen molar-refractivity contribution >= 4 is 22.7 Å². The minimum absolute atomic E-state index is 0.226. The number of anilines is 2. The number of aromatic nitrogens is 3. The van der Waals surface area contributed by atoms with E-state index in [1.165, 1.54) is 0 Å². The number of ether oxygens (including phenoxy) is 3. The van der Waals surface area contributed by atoms with Crippen LogP contribution in [0, 0.1) is 12.7 Å². The van der Waals surface area contributed by atoms with Crippen LogP contribution in [0.5, 0.6) is 11.5 Å². The zero-order valence-electron chi connectivity index (χ0n) is 21.5. The number of halogens is 1. The van der Waals surface area contributed by atoms with Gasteiger partial charge in [-0.05, 0) is 51.1 Å². The van der Waals surface area contributed by atoms with Crippen molar-refractivity contribution in [1.29, 1.82) is 0 Å². The predicted octanol–water partition coefficient (Wildman–Crippen LogP) is 5.24. The highest BCUT2D eigenvalue weighted by Crippen LogP contribution is 2.32. The Kier molecular flexibility index (Phi) is 7.52. The molecule has 2 aromatic carbocycles. The fraction of sp³-hybridized carbons (Fsp3) is 0.357. The van der Waals surface area contributed by atoms with Crippen molar-refractivity contribution in [1.82, 2.24) is 19.4 Å². The molecular formula is C28H32FN5O3. The molecule has 0 spiro atoms. The molecule has 0 atom stereocenters. The molecule has 1 aliphatic heterocycles. The van der Waals surface area contributed by atoms with E-state index < -0.39 is 0 Å². The highest BCUT2D eigenvalue weighted by atomic mass is 19.1. The van der Waals surface area contributed by atoms with E-state index in [2.05, 4.69) is 15.2 Å². The predicted molar refractivity (Wildman–Crippen MR) is 142 cm³/mol. The van der Waals surface area contributed by atoms with E-state index in [9.17, 15) is 0 Å². The Hall–Kier alpha value is -3.69. The first-order chi connectivity index (χ1) is 18.1. The summed E-state index contributed by atoms with van der Waals surface area (Å²) in [5.74, 6) is 1.55. The highest BCUT2D eigenvalue weighted by Gasteiger charge is 2.16. The van der Waals surface area contributed by atoms with Crippen molar-refractivity contribution in [3.8, 4) is 17.2 Å². The SMILES string of the molecule is CCOc1ccc(Nc2ncc3cc(C)n(-c4ccc(CN5CCOCC5)c(F)c4)c3n2)cc1OCC. The van der Waals surface area contributed by atoms with E-state index in [-0.39, 0.29) is 5.82 Å². The molecule has 1 fully saturated rings. The maximum Gasteiger partial charge on any atom is 0.229 e. The normalized spacial score (nSPS) is 14.2. The molecule has 8 nitrogen and oxygen atoms in total. The summed E-state index contributed by atoms with van der Waals surface area (Å²) in [4.78, 5) is 11.5. The van der Waals surface area contributed by atoms with Gasteiger partial charge in [0.25, 0.3) is 0 Å². The third kappa shape index (κ3) is 5.52. The van der Waals surface area contributed by atoms with Gasteiger partial charge in [-0.15, -0.1) is 0 Å². The summed E-state index contributed by atoms with van der Waals surface area (Å²) in [7, 11) is 0.